The number of fused-ring (bicyclic) bond motifs is 1. The van der Waals surface area contributed by atoms with Gasteiger partial charge in [-0.1, -0.05) is 0 Å². The summed E-state index contributed by atoms with van der Waals surface area (Å²) in [5.41, 5.74) is 0.586. The van der Waals surface area contributed by atoms with Crippen LogP contribution in [0.5, 0.6) is 11.5 Å². The van der Waals surface area contributed by atoms with E-state index in [1.165, 1.54) is 0 Å². The third-order valence-electron chi connectivity index (χ3n) is 2.87. The molecule has 0 spiro atoms. The summed E-state index contributed by atoms with van der Waals surface area (Å²) in [6.07, 6.45) is 0. The number of hydrogen-bond donors (Lipinski definition) is 2. The molecule has 19 heavy (non-hydrogen) atoms. The maximum absolute atomic E-state index is 11.9. The highest BCUT2D eigenvalue weighted by Gasteiger charge is 2.14. The van der Waals surface area contributed by atoms with Crippen molar-refractivity contribution in [3.63, 3.8) is 0 Å². The molecule has 1 atom stereocenters. The highest BCUT2D eigenvalue weighted by molar-refractivity contribution is 5.94. The van der Waals surface area contributed by atoms with Gasteiger partial charge in [0.05, 0.1) is 0 Å². The molecule has 1 heterocycles. The molecule has 0 radical (unpaired) electrons. The number of rotatable bonds is 4. The summed E-state index contributed by atoms with van der Waals surface area (Å²) >= 11 is 0. The molecule has 2 rings (SSSR count). The summed E-state index contributed by atoms with van der Waals surface area (Å²) in [5.74, 6) is 1.23. The van der Waals surface area contributed by atoms with Gasteiger partial charge in [0, 0.05) is 18.2 Å². The first-order chi connectivity index (χ1) is 8.70. The van der Waals surface area contributed by atoms with Gasteiger partial charge in [0.1, 0.15) is 13.2 Å². The van der Waals surface area contributed by atoms with Crippen LogP contribution in [-0.2, 0) is 0 Å². The highest BCUT2D eigenvalue weighted by atomic mass is 35.5. The maximum atomic E-state index is 11.9. The van der Waals surface area contributed by atoms with E-state index in [2.05, 4.69) is 10.6 Å². The van der Waals surface area contributed by atoms with Crippen molar-refractivity contribution in [3.8, 4) is 11.5 Å². The minimum Gasteiger partial charge on any atom is -0.486 e. The Morgan fingerprint density at radius 1 is 1.32 bits per heavy atom. The van der Waals surface area contributed by atoms with Crippen LogP contribution < -0.4 is 20.1 Å². The average molecular weight is 287 g/mol. The van der Waals surface area contributed by atoms with Gasteiger partial charge in [-0.05, 0) is 32.2 Å². The minimum absolute atomic E-state index is 0. The molecule has 6 heteroatoms. The van der Waals surface area contributed by atoms with Gasteiger partial charge in [0.15, 0.2) is 11.5 Å². The summed E-state index contributed by atoms with van der Waals surface area (Å²) in [7, 11) is 1.86. The SMILES string of the molecule is CNC(C)CNC(=O)c1ccc2c(c1)OCCO2.Cl. The minimum atomic E-state index is -0.103. The Bertz CT molecular complexity index is 440. The van der Waals surface area contributed by atoms with Crippen LogP contribution in [0.25, 0.3) is 0 Å². The number of ether oxygens (including phenoxy) is 2. The molecule has 0 fully saturated rings. The van der Waals surface area contributed by atoms with Crippen LogP contribution in [0.2, 0.25) is 0 Å². The van der Waals surface area contributed by atoms with E-state index in [4.69, 9.17) is 9.47 Å². The second-order valence-electron chi connectivity index (χ2n) is 4.26. The number of likely N-dealkylation sites (N-methyl/N-ethyl adjacent to an activating group) is 1. The predicted molar refractivity (Wildman–Crippen MR) is 75.5 cm³/mol. The molecule has 0 saturated carbocycles. The number of benzene rings is 1. The first kappa shape index (κ1) is 15.6. The molecular weight excluding hydrogens is 268 g/mol. The molecule has 0 saturated heterocycles. The number of carbonyl (C=O) groups is 1. The highest BCUT2D eigenvalue weighted by Crippen LogP contribution is 2.30. The maximum Gasteiger partial charge on any atom is 0.251 e. The van der Waals surface area contributed by atoms with E-state index in [1.807, 2.05) is 14.0 Å². The smallest absolute Gasteiger partial charge is 0.251 e. The van der Waals surface area contributed by atoms with Crippen LogP contribution in [0.3, 0.4) is 0 Å². The summed E-state index contributed by atoms with van der Waals surface area (Å²) in [5, 5.41) is 5.92. The van der Waals surface area contributed by atoms with Gasteiger partial charge >= 0.3 is 0 Å². The normalized spacial score (nSPS) is 14.2. The van der Waals surface area contributed by atoms with Crippen LogP contribution in [0.15, 0.2) is 18.2 Å². The second kappa shape index (κ2) is 7.21. The van der Waals surface area contributed by atoms with Gasteiger partial charge in [-0.25, -0.2) is 0 Å². The summed E-state index contributed by atoms with van der Waals surface area (Å²) < 4.78 is 10.9. The molecule has 0 aliphatic carbocycles. The monoisotopic (exact) mass is 286 g/mol. The molecule has 2 N–H and O–H groups in total. The first-order valence-corrected chi connectivity index (χ1v) is 6.06. The second-order valence-corrected chi connectivity index (χ2v) is 4.26. The molecule has 0 aromatic heterocycles. The quantitative estimate of drug-likeness (QED) is 0.874. The zero-order valence-corrected chi connectivity index (χ0v) is 11.9. The number of halogens is 1. The van der Waals surface area contributed by atoms with E-state index in [0.29, 0.717) is 36.8 Å². The van der Waals surface area contributed by atoms with Crippen molar-refractivity contribution >= 4 is 18.3 Å². The van der Waals surface area contributed by atoms with Crippen LogP contribution in [-0.4, -0.2) is 38.8 Å². The largest absolute Gasteiger partial charge is 0.486 e. The van der Waals surface area contributed by atoms with Crippen molar-refractivity contribution in [1.29, 1.82) is 0 Å². The Morgan fingerprint density at radius 2 is 2.00 bits per heavy atom. The fraction of sp³-hybridized carbons (Fsp3) is 0.462. The van der Waals surface area contributed by atoms with Crippen LogP contribution >= 0.6 is 12.4 Å². The van der Waals surface area contributed by atoms with Crippen molar-refractivity contribution in [2.45, 2.75) is 13.0 Å². The summed E-state index contributed by atoms with van der Waals surface area (Å²) in [4.78, 5) is 11.9. The van der Waals surface area contributed by atoms with E-state index in [-0.39, 0.29) is 24.4 Å². The topological polar surface area (TPSA) is 59.6 Å². The number of carbonyl (C=O) groups excluding carboxylic acids is 1. The van der Waals surface area contributed by atoms with E-state index in [9.17, 15) is 4.79 Å². The Hall–Kier alpha value is -1.46. The molecule has 1 aromatic rings. The van der Waals surface area contributed by atoms with Gasteiger partial charge in [-0.15, -0.1) is 12.4 Å². The van der Waals surface area contributed by atoms with Crippen molar-refractivity contribution in [2.24, 2.45) is 0 Å². The van der Waals surface area contributed by atoms with Crippen molar-refractivity contribution in [3.05, 3.63) is 23.8 Å². The Balaban J connectivity index is 0.00000180. The number of hydrogen-bond acceptors (Lipinski definition) is 4. The van der Waals surface area contributed by atoms with Gasteiger partial charge in [-0.2, -0.15) is 0 Å². The lowest BCUT2D eigenvalue weighted by atomic mass is 10.1. The zero-order valence-electron chi connectivity index (χ0n) is 11.1. The molecule has 0 bridgehead atoms. The molecule has 1 aliphatic rings. The van der Waals surface area contributed by atoms with Gasteiger partial charge < -0.3 is 20.1 Å². The number of nitrogens with one attached hydrogen (secondary N) is 2. The lowest BCUT2D eigenvalue weighted by Gasteiger charge is -2.19. The lowest BCUT2D eigenvalue weighted by Crippen LogP contribution is -2.37. The lowest BCUT2D eigenvalue weighted by molar-refractivity contribution is 0.0949. The fourth-order valence-electron chi connectivity index (χ4n) is 1.63. The molecular formula is C13H19ClN2O3. The van der Waals surface area contributed by atoms with E-state index < -0.39 is 0 Å². The van der Waals surface area contributed by atoms with E-state index in [1.54, 1.807) is 18.2 Å². The van der Waals surface area contributed by atoms with Crippen molar-refractivity contribution < 1.29 is 14.3 Å². The van der Waals surface area contributed by atoms with Crippen molar-refractivity contribution in [1.82, 2.24) is 10.6 Å². The van der Waals surface area contributed by atoms with E-state index >= 15 is 0 Å². The Kier molecular flexibility index (Phi) is 5.92. The third-order valence-corrected chi connectivity index (χ3v) is 2.87. The molecule has 5 nitrogen and oxygen atoms in total. The average Bonchev–Trinajstić information content (AvgIpc) is 2.43. The predicted octanol–water partition coefficient (Wildman–Crippen LogP) is 1.22. The van der Waals surface area contributed by atoms with Gasteiger partial charge in [-0.3, -0.25) is 4.79 Å². The van der Waals surface area contributed by atoms with Crippen molar-refractivity contribution in [2.75, 3.05) is 26.8 Å². The Labute approximate surface area is 119 Å². The summed E-state index contributed by atoms with van der Waals surface area (Å²) in [6, 6.07) is 5.47. The third kappa shape index (κ3) is 4.01. The molecule has 106 valence electrons. The molecule has 1 amide bonds. The zero-order chi connectivity index (χ0) is 13.0. The van der Waals surface area contributed by atoms with Crippen LogP contribution in [0.4, 0.5) is 0 Å². The standard InChI is InChI=1S/C13H18N2O3.ClH/c1-9(14-2)8-15-13(16)10-3-4-11-12(7-10)18-6-5-17-11;/h3-4,7,9,14H,5-6,8H2,1-2H3,(H,15,16);1H. The van der Waals surface area contributed by atoms with Gasteiger partial charge in [0.25, 0.3) is 5.91 Å². The molecule has 1 aliphatic heterocycles. The molecule has 1 unspecified atom stereocenters. The molecule has 1 aromatic carbocycles. The number of amides is 1. The van der Waals surface area contributed by atoms with Gasteiger partial charge in [0.2, 0.25) is 0 Å². The summed E-state index contributed by atoms with van der Waals surface area (Å²) in [6.45, 7) is 3.67. The van der Waals surface area contributed by atoms with E-state index in [0.717, 1.165) is 0 Å². The fourth-order valence-corrected chi connectivity index (χ4v) is 1.63. The Morgan fingerprint density at radius 3 is 2.68 bits per heavy atom. The first-order valence-electron chi connectivity index (χ1n) is 6.06. The van der Waals surface area contributed by atoms with Crippen LogP contribution in [0.1, 0.15) is 17.3 Å². The van der Waals surface area contributed by atoms with Crippen LogP contribution in [0, 0.1) is 0 Å².